The first-order valence-electron chi connectivity index (χ1n) is 6.01. The third-order valence-electron chi connectivity index (χ3n) is 2.94. The second-order valence-electron chi connectivity index (χ2n) is 5.32. The van der Waals surface area contributed by atoms with Gasteiger partial charge in [0, 0.05) is 19.7 Å². The molecule has 0 fully saturated rings. The molecule has 0 unspecified atom stereocenters. The molecule has 0 radical (unpaired) electrons. The van der Waals surface area contributed by atoms with Crippen molar-refractivity contribution >= 4 is 0 Å². The van der Waals surface area contributed by atoms with Gasteiger partial charge in [0.15, 0.2) is 0 Å². The SMILES string of the molecule is Cc1cc(CNCC(C)(C)CCO)ccc1F. The lowest BCUT2D eigenvalue weighted by molar-refractivity contribution is 0.207. The lowest BCUT2D eigenvalue weighted by Crippen LogP contribution is -2.29. The first-order valence-corrected chi connectivity index (χ1v) is 6.01. The Morgan fingerprint density at radius 3 is 2.65 bits per heavy atom. The first-order chi connectivity index (χ1) is 7.94. The van der Waals surface area contributed by atoms with E-state index in [0.29, 0.717) is 5.56 Å². The highest BCUT2D eigenvalue weighted by molar-refractivity contribution is 5.23. The van der Waals surface area contributed by atoms with Crippen molar-refractivity contribution in [2.24, 2.45) is 5.41 Å². The maximum atomic E-state index is 13.1. The van der Waals surface area contributed by atoms with Crippen molar-refractivity contribution < 1.29 is 9.50 Å². The number of aliphatic hydroxyl groups is 1. The van der Waals surface area contributed by atoms with Crippen molar-refractivity contribution in [3.63, 3.8) is 0 Å². The van der Waals surface area contributed by atoms with Gasteiger partial charge in [-0.1, -0.05) is 26.0 Å². The highest BCUT2D eigenvalue weighted by Crippen LogP contribution is 2.18. The van der Waals surface area contributed by atoms with Crippen LogP contribution in [0.15, 0.2) is 18.2 Å². The molecule has 96 valence electrons. The molecule has 0 aliphatic heterocycles. The number of hydrogen-bond acceptors (Lipinski definition) is 2. The molecule has 0 aromatic heterocycles. The summed E-state index contributed by atoms with van der Waals surface area (Å²) in [6.07, 6.45) is 0.780. The van der Waals surface area contributed by atoms with E-state index in [0.717, 1.165) is 25.1 Å². The van der Waals surface area contributed by atoms with Gasteiger partial charge >= 0.3 is 0 Å². The van der Waals surface area contributed by atoms with Gasteiger partial charge in [-0.3, -0.25) is 0 Å². The van der Waals surface area contributed by atoms with E-state index in [-0.39, 0.29) is 17.8 Å². The van der Waals surface area contributed by atoms with Crippen molar-refractivity contribution in [2.45, 2.75) is 33.7 Å². The normalized spacial score (nSPS) is 11.8. The second-order valence-corrected chi connectivity index (χ2v) is 5.32. The van der Waals surface area contributed by atoms with Gasteiger partial charge in [0.2, 0.25) is 0 Å². The Bertz CT molecular complexity index is 363. The average molecular weight is 239 g/mol. The molecule has 1 aromatic carbocycles. The first kappa shape index (κ1) is 14.1. The third kappa shape index (κ3) is 4.84. The zero-order valence-corrected chi connectivity index (χ0v) is 10.9. The van der Waals surface area contributed by atoms with E-state index in [1.807, 2.05) is 6.07 Å². The molecule has 0 saturated carbocycles. The van der Waals surface area contributed by atoms with Crippen LogP contribution in [0, 0.1) is 18.2 Å². The minimum absolute atomic E-state index is 0.0871. The van der Waals surface area contributed by atoms with Crippen molar-refractivity contribution in [2.75, 3.05) is 13.2 Å². The van der Waals surface area contributed by atoms with Gasteiger partial charge in [-0.15, -0.1) is 0 Å². The maximum Gasteiger partial charge on any atom is 0.126 e. The van der Waals surface area contributed by atoms with Crippen LogP contribution in [0.25, 0.3) is 0 Å². The molecular formula is C14H22FNO. The van der Waals surface area contributed by atoms with E-state index in [1.165, 1.54) is 6.07 Å². The van der Waals surface area contributed by atoms with Crippen molar-refractivity contribution in [3.05, 3.63) is 35.1 Å². The van der Waals surface area contributed by atoms with Crippen LogP contribution in [-0.4, -0.2) is 18.3 Å². The molecule has 17 heavy (non-hydrogen) atoms. The fourth-order valence-corrected chi connectivity index (χ4v) is 1.75. The summed E-state index contributed by atoms with van der Waals surface area (Å²) in [6.45, 7) is 7.79. The van der Waals surface area contributed by atoms with Crippen LogP contribution in [-0.2, 0) is 6.54 Å². The Balaban J connectivity index is 2.43. The molecule has 2 N–H and O–H groups in total. The number of aryl methyl sites for hydroxylation is 1. The van der Waals surface area contributed by atoms with E-state index in [1.54, 1.807) is 13.0 Å². The standard InChI is InChI=1S/C14H22FNO/c1-11-8-12(4-5-13(11)15)9-16-10-14(2,3)6-7-17/h4-5,8,16-17H,6-7,9-10H2,1-3H3. The van der Waals surface area contributed by atoms with Crippen molar-refractivity contribution in [1.29, 1.82) is 0 Å². The van der Waals surface area contributed by atoms with Crippen molar-refractivity contribution in [1.82, 2.24) is 5.32 Å². The molecule has 0 amide bonds. The van der Waals surface area contributed by atoms with Crippen LogP contribution in [0.2, 0.25) is 0 Å². The summed E-state index contributed by atoms with van der Waals surface area (Å²) in [5, 5.41) is 12.3. The molecule has 0 heterocycles. The van der Waals surface area contributed by atoms with E-state index in [4.69, 9.17) is 5.11 Å². The quantitative estimate of drug-likeness (QED) is 0.800. The highest BCUT2D eigenvalue weighted by atomic mass is 19.1. The van der Waals surface area contributed by atoms with E-state index < -0.39 is 0 Å². The molecule has 3 heteroatoms. The van der Waals surface area contributed by atoms with Gasteiger partial charge in [-0.05, 0) is 36.0 Å². The summed E-state index contributed by atoms with van der Waals surface area (Å²) in [5.74, 6) is -0.158. The molecule has 0 atom stereocenters. The Morgan fingerprint density at radius 2 is 2.06 bits per heavy atom. The lowest BCUT2D eigenvalue weighted by atomic mass is 9.90. The van der Waals surface area contributed by atoms with Crippen molar-refractivity contribution in [3.8, 4) is 0 Å². The number of aliphatic hydroxyl groups excluding tert-OH is 1. The second kappa shape index (κ2) is 6.12. The minimum atomic E-state index is -0.158. The zero-order valence-electron chi connectivity index (χ0n) is 10.9. The predicted octanol–water partition coefficient (Wildman–Crippen LogP) is 2.63. The summed E-state index contributed by atoms with van der Waals surface area (Å²) in [4.78, 5) is 0. The van der Waals surface area contributed by atoms with Crippen LogP contribution in [0.3, 0.4) is 0 Å². The summed E-state index contributed by atoms with van der Waals surface area (Å²) >= 11 is 0. The van der Waals surface area contributed by atoms with Crippen LogP contribution >= 0.6 is 0 Å². The summed E-state index contributed by atoms with van der Waals surface area (Å²) in [7, 11) is 0. The fourth-order valence-electron chi connectivity index (χ4n) is 1.75. The zero-order chi connectivity index (χ0) is 12.9. The number of benzene rings is 1. The number of hydrogen-bond donors (Lipinski definition) is 2. The minimum Gasteiger partial charge on any atom is -0.396 e. The lowest BCUT2D eigenvalue weighted by Gasteiger charge is -2.24. The monoisotopic (exact) mass is 239 g/mol. The van der Waals surface area contributed by atoms with Crippen LogP contribution in [0.4, 0.5) is 4.39 Å². The van der Waals surface area contributed by atoms with Crippen LogP contribution in [0.1, 0.15) is 31.4 Å². The molecular weight excluding hydrogens is 217 g/mol. The molecule has 1 rings (SSSR count). The van der Waals surface area contributed by atoms with Gasteiger partial charge in [0.1, 0.15) is 5.82 Å². The average Bonchev–Trinajstić information content (AvgIpc) is 2.23. The van der Waals surface area contributed by atoms with Gasteiger partial charge in [-0.25, -0.2) is 4.39 Å². The highest BCUT2D eigenvalue weighted by Gasteiger charge is 2.16. The van der Waals surface area contributed by atoms with Gasteiger partial charge in [-0.2, -0.15) is 0 Å². The fraction of sp³-hybridized carbons (Fsp3) is 0.571. The van der Waals surface area contributed by atoms with E-state index >= 15 is 0 Å². The Kier molecular flexibility index (Phi) is 5.09. The van der Waals surface area contributed by atoms with Gasteiger partial charge in [0.25, 0.3) is 0 Å². The Hall–Kier alpha value is -0.930. The van der Waals surface area contributed by atoms with Gasteiger partial charge < -0.3 is 10.4 Å². The number of halogens is 1. The van der Waals surface area contributed by atoms with E-state index in [2.05, 4.69) is 19.2 Å². The molecule has 0 bridgehead atoms. The van der Waals surface area contributed by atoms with E-state index in [9.17, 15) is 4.39 Å². The van der Waals surface area contributed by atoms with Gasteiger partial charge in [0.05, 0.1) is 0 Å². The smallest absolute Gasteiger partial charge is 0.126 e. The maximum absolute atomic E-state index is 13.1. The van der Waals surface area contributed by atoms with Crippen LogP contribution in [0.5, 0.6) is 0 Å². The molecule has 1 aromatic rings. The summed E-state index contributed by atoms with van der Waals surface area (Å²) < 4.78 is 13.1. The summed E-state index contributed by atoms with van der Waals surface area (Å²) in [5.41, 5.74) is 1.85. The largest absolute Gasteiger partial charge is 0.396 e. The van der Waals surface area contributed by atoms with Crippen LogP contribution < -0.4 is 5.32 Å². The Morgan fingerprint density at radius 1 is 1.35 bits per heavy atom. The predicted molar refractivity (Wildman–Crippen MR) is 68.3 cm³/mol. The summed E-state index contributed by atoms with van der Waals surface area (Å²) in [6, 6.07) is 5.17. The molecule has 0 saturated heterocycles. The number of rotatable bonds is 6. The molecule has 2 nitrogen and oxygen atoms in total. The molecule has 0 aliphatic carbocycles. The topological polar surface area (TPSA) is 32.3 Å². The third-order valence-corrected chi connectivity index (χ3v) is 2.94. The molecule has 0 spiro atoms. The molecule has 0 aliphatic rings. The number of nitrogens with one attached hydrogen (secondary N) is 1. The Labute approximate surface area is 103 Å².